The number of carbonyl (C=O) groups is 2. The van der Waals surface area contributed by atoms with Crippen molar-refractivity contribution >= 4 is 11.8 Å². The number of ketones is 1. The van der Waals surface area contributed by atoms with Gasteiger partial charge in [-0.3, -0.25) is 4.79 Å². The van der Waals surface area contributed by atoms with E-state index in [0.29, 0.717) is 0 Å². The third kappa shape index (κ3) is 3.56. The van der Waals surface area contributed by atoms with E-state index in [1.165, 1.54) is 18.2 Å². The number of carbonyl (C=O) groups excluding carboxylic acids is 2. The van der Waals surface area contributed by atoms with Gasteiger partial charge in [-0.15, -0.1) is 0 Å². The van der Waals surface area contributed by atoms with Gasteiger partial charge in [0, 0.05) is 6.42 Å². The van der Waals surface area contributed by atoms with Crippen LogP contribution in [0.5, 0.6) is 5.75 Å². The van der Waals surface area contributed by atoms with Crippen molar-refractivity contribution in [3.05, 3.63) is 29.3 Å². The van der Waals surface area contributed by atoms with Crippen LogP contribution in [-0.2, 0) is 14.3 Å². The van der Waals surface area contributed by atoms with E-state index in [1.54, 1.807) is 6.92 Å². The number of rotatable bonds is 5. The molecule has 0 aliphatic carbocycles. The summed E-state index contributed by atoms with van der Waals surface area (Å²) in [5.41, 5.74) is 0.401. The SMILES string of the molecule is CCC(=O)C(Oc1cc(C#N)cc(C#N)c1)C(=O)OC. The van der Waals surface area contributed by atoms with Crippen molar-refractivity contribution in [1.29, 1.82) is 10.5 Å². The van der Waals surface area contributed by atoms with Crippen LogP contribution >= 0.6 is 0 Å². The maximum atomic E-state index is 11.7. The largest absolute Gasteiger partial charge is 0.471 e. The van der Waals surface area contributed by atoms with E-state index in [0.717, 1.165) is 7.11 Å². The molecule has 0 radical (unpaired) electrons. The number of methoxy groups -OCH3 is 1. The van der Waals surface area contributed by atoms with Crippen LogP contribution in [0.4, 0.5) is 0 Å². The van der Waals surface area contributed by atoms with Gasteiger partial charge in [-0.2, -0.15) is 10.5 Å². The summed E-state index contributed by atoms with van der Waals surface area (Å²) in [6.07, 6.45) is -1.30. The summed E-state index contributed by atoms with van der Waals surface area (Å²) < 4.78 is 9.78. The molecule has 0 aliphatic heterocycles. The van der Waals surface area contributed by atoms with E-state index >= 15 is 0 Å². The van der Waals surface area contributed by atoms with Crippen LogP contribution in [0.3, 0.4) is 0 Å². The summed E-state index contributed by atoms with van der Waals surface area (Å²) in [7, 11) is 1.15. The molecule has 0 saturated carbocycles. The highest BCUT2D eigenvalue weighted by molar-refractivity contribution is 6.02. The van der Waals surface area contributed by atoms with Crippen molar-refractivity contribution in [1.82, 2.24) is 0 Å². The van der Waals surface area contributed by atoms with Crippen molar-refractivity contribution in [3.63, 3.8) is 0 Å². The summed E-state index contributed by atoms with van der Waals surface area (Å²) in [6.45, 7) is 1.59. The minimum absolute atomic E-state index is 0.0952. The summed E-state index contributed by atoms with van der Waals surface area (Å²) in [4.78, 5) is 23.2. The Morgan fingerprint density at radius 3 is 2.15 bits per heavy atom. The molecule has 6 heteroatoms. The quantitative estimate of drug-likeness (QED) is 0.592. The molecule has 0 heterocycles. The van der Waals surface area contributed by atoms with Crippen LogP contribution in [0.2, 0.25) is 0 Å². The van der Waals surface area contributed by atoms with Crippen molar-refractivity contribution in [2.24, 2.45) is 0 Å². The van der Waals surface area contributed by atoms with Gasteiger partial charge in [-0.1, -0.05) is 6.92 Å². The molecule has 0 aromatic heterocycles. The lowest BCUT2D eigenvalue weighted by Gasteiger charge is -2.15. The monoisotopic (exact) mass is 272 g/mol. The number of esters is 1. The van der Waals surface area contributed by atoms with Gasteiger partial charge in [0.25, 0.3) is 6.10 Å². The van der Waals surface area contributed by atoms with Gasteiger partial charge >= 0.3 is 5.97 Å². The van der Waals surface area contributed by atoms with E-state index in [9.17, 15) is 9.59 Å². The van der Waals surface area contributed by atoms with Crippen LogP contribution in [0.1, 0.15) is 24.5 Å². The molecule has 0 aliphatic rings. The molecule has 0 fully saturated rings. The average Bonchev–Trinajstić information content (AvgIpc) is 2.50. The number of benzene rings is 1. The Balaban J connectivity index is 3.12. The van der Waals surface area contributed by atoms with Gasteiger partial charge in [-0.25, -0.2) is 4.79 Å². The zero-order valence-electron chi connectivity index (χ0n) is 11.0. The van der Waals surface area contributed by atoms with Crippen molar-refractivity contribution in [3.8, 4) is 17.9 Å². The second-order valence-electron chi connectivity index (χ2n) is 3.81. The van der Waals surface area contributed by atoms with E-state index in [2.05, 4.69) is 4.74 Å². The smallest absolute Gasteiger partial charge is 0.354 e. The highest BCUT2D eigenvalue weighted by Gasteiger charge is 2.28. The van der Waals surface area contributed by atoms with Crippen LogP contribution < -0.4 is 4.74 Å². The Morgan fingerprint density at radius 1 is 1.20 bits per heavy atom. The van der Waals surface area contributed by atoms with E-state index < -0.39 is 17.9 Å². The van der Waals surface area contributed by atoms with Gasteiger partial charge in [0.2, 0.25) is 0 Å². The standard InChI is InChI=1S/C14H12N2O4/c1-3-12(17)13(14(18)19-2)20-11-5-9(7-15)4-10(6-11)8-16/h4-6,13H,3H2,1-2H3. The third-order valence-electron chi connectivity index (χ3n) is 2.47. The van der Waals surface area contributed by atoms with Crippen LogP contribution in [0.25, 0.3) is 0 Å². The highest BCUT2D eigenvalue weighted by atomic mass is 16.6. The molecule has 6 nitrogen and oxygen atoms in total. The molecular formula is C14H12N2O4. The number of hydrogen-bond acceptors (Lipinski definition) is 6. The second-order valence-corrected chi connectivity index (χ2v) is 3.81. The first-order valence-corrected chi connectivity index (χ1v) is 5.78. The third-order valence-corrected chi connectivity index (χ3v) is 2.47. The van der Waals surface area contributed by atoms with Gasteiger partial charge in [-0.05, 0) is 18.2 Å². The number of hydrogen-bond donors (Lipinski definition) is 0. The van der Waals surface area contributed by atoms with Crippen LogP contribution in [0, 0.1) is 22.7 Å². The topological polar surface area (TPSA) is 100 Å². The lowest BCUT2D eigenvalue weighted by atomic mass is 10.1. The number of ether oxygens (including phenoxy) is 2. The molecule has 1 unspecified atom stereocenters. The predicted molar refractivity (Wildman–Crippen MR) is 67.6 cm³/mol. The Hall–Kier alpha value is -2.86. The Labute approximate surface area is 116 Å². The van der Waals surface area contributed by atoms with Gasteiger partial charge in [0.15, 0.2) is 5.78 Å². The summed E-state index contributed by atoms with van der Waals surface area (Å²) in [5, 5.41) is 17.7. The van der Waals surface area contributed by atoms with Gasteiger partial charge < -0.3 is 9.47 Å². The Kier molecular flexibility index (Phi) is 5.25. The van der Waals surface area contributed by atoms with E-state index in [4.69, 9.17) is 15.3 Å². The van der Waals surface area contributed by atoms with Gasteiger partial charge in [0.1, 0.15) is 5.75 Å². The number of Topliss-reactive ketones (excluding diaryl/α,β-unsaturated/α-hetero) is 1. The molecule has 0 bridgehead atoms. The normalized spacial score (nSPS) is 10.8. The van der Waals surface area contributed by atoms with Crippen molar-refractivity contribution in [2.75, 3.05) is 7.11 Å². The fourth-order valence-corrected chi connectivity index (χ4v) is 1.47. The number of nitrogens with zero attached hydrogens (tertiary/aromatic N) is 2. The maximum Gasteiger partial charge on any atom is 0.354 e. The molecule has 1 aromatic rings. The minimum Gasteiger partial charge on any atom is -0.471 e. The first kappa shape index (κ1) is 15.2. The van der Waals surface area contributed by atoms with E-state index in [1.807, 2.05) is 12.1 Å². The Bertz CT molecular complexity index is 562. The van der Waals surface area contributed by atoms with Crippen molar-refractivity contribution in [2.45, 2.75) is 19.4 Å². The molecule has 0 saturated heterocycles. The molecule has 0 spiro atoms. The molecule has 0 amide bonds. The molecule has 0 N–H and O–H groups in total. The first-order valence-electron chi connectivity index (χ1n) is 5.78. The first-order chi connectivity index (χ1) is 9.55. The maximum absolute atomic E-state index is 11.7. The van der Waals surface area contributed by atoms with Crippen LogP contribution in [-0.4, -0.2) is 25.0 Å². The lowest BCUT2D eigenvalue weighted by molar-refractivity contribution is -0.153. The zero-order chi connectivity index (χ0) is 15.1. The Morgan fingerprint density at radius 2 is 1.75 bits per heavy atom. The predicted octanol–water partition coefficient (Wildman–Crippen LogP) is 1.33. The number of nitriles is 2. The fourth-order valence-electron chi connectivity index (χ4n) is 1.47. The molecule has 1 rings (SSSR count). The van der Waals surface area contributed by atoms with Gasteiger partial charge in [0.05, 0.1) is 30.4 Å². The lowest BCUT2D eigenvalue weighted by Crippen LogP contribution is -2.36. The summed E-state index contributed by atoms with van der Waals surface area (Å²) >= 11 is 0. The summed E-state index contributed by atoms with van der Waals surface area (Å²) in [5.74, 6) is -1.17. The second kappa shape index (κ2) is 6.91. The zero-order valence-corrected chi connectivity index (χ0v) is 11.0. The minimum atomic E-state index is -1.40. The van der Waals surface area contributed by atoms with E-state index in [-0.39, 0.29) is 23.3 Å². The average molecular weight is 272 g/mol. The highest BCUT2D eigenvalue weighted by Crippen LogP contribution is 2.19. The molecule has 1 aromatic carbocycles. The van der Waals surface area contributed by atoms with Crippen LogP contribution in [0.15, 0.2) is 18.2 Å². The molecule has 20 heavy (non-hydrogen) atoms. The fraction of sp³-hybridized carbons (Fsp3) is 0.286. The molecule has 102 valence electrons. The molecular weight excluding hydrogens is 260 g/mol. The summed E-state index contributed by atoms with van der Waals surface area (Å²) in [6, 6.07) is 7.81. The molecule has 1 atom stereocenters. The van der Waals surface area contributed by atoms with Crippen molar-refractivity contribution < 1.29 is 19.1 Å².